The lowest BCUT2D eigenvalue weighted by Gasteiger charge is -2.36. The summed E-state index contributed by atoms with van der Waals surface area (Å²) in [4.78, 5) is 2.24. The van der Waals surface area contributed by atoms with Gasteiger partial charge in [-0.25, -0.2) is 4.39 Å². The molecule has 1 aliphatic rings. The van der Waals surface area contributed by atoms with Crippen LogP contribution in [0, 0.1) is 11.7 Å². The first-order valence-corrected chi connectivity index (χ1v) is 5.75. The van der Waals surface area contributed by atoms with E-state index in [1.807, 2.05) is 12.1 Å². The predicted molar refractivity (Wildman–Crippen MR) is 61.8 cm³/mol. The van der Waals surface area contributed by atoms with Gasteiger partial charge in [0.05, 0.1) is 0 Å². The van der Waals surface area contributed by atoms with Crippen LogP contribution in [0.4, 0.5) is 4.39 Å². The summed E-state index contributed by atoms with van der Waals surface area (Å²) in [5, 5.41) is 9.39. The Kier molecular flexibility index (Phi) is 3.56. The monoisotopic (exact) mass is 223 g/mol. The summed E-state index contributed by atoms with van der Waals surface area (Å²) in [5.41, 5.74) is 1.15. The van der Waals surface area contributed by atoms with Crippen LogP contribution < -0.4 is 0 Å². The van der Waals surface area contributed by atoms with E-state index in [9.17, 15) is 9.50 Å². The van der Waals surface area contributed by atoms with Crippen molar-refractivity contribution in [3.8, 4) is 0 Å². The van der Waals surface area contributed by atoms with Gasteiger partial charge in [0.25, 0.3) is 0 Å². The van der Waals surface area contributed by atoms with Crippen molar-refractivity contribution >= 4 is 0 Å². The molecule has 0 aliphatic carbocycles. The molecule has 1 unspecified atom stereocenters. The summed E-state index contributed by atoms with van der Waals surface area (Å²) in [6, 6.07) is 6.69. The number of aliphatic hydroxyl groups excluding tert-OH is 1. The zero-order chi connectivity index (χ0) is 11.5. The Morgan fingerprint density at radius 2 is 2.06 bits per heavy atom. The van der Waals surface area contributed by atoms with Gasteiger partial charge in [-0.3, -0.25) is 0 Å². The van der Waals surface area contributed by atoms with Gasteiger partial charge in [0.1, 0.15) is 5.82 Å². The number of rotatable bonds is 2. The van der Waals surface area contributed by atoms with E-state index in [-0.39, 0.29) is 18.3 Å². The lowest BCUT2D eigenvalue weighted by Crippen LogP contribution is -2.38. The van der Waals surface area contributed by atoms with Crippen LogP contribution in [0.15, 0.2) is 24.3 Å². The standard InChI is InChI=1S/C13H18FNO/c1-15-7-6-13(11(8-15)9-16)10-2-4-12(14)5-3-10/h2-5,11,13,16H,6-9H2,1H3/t11?,13-/m1/s1. The molecule has 0 saturated carbocycles. The van der Waals surface area contributed by atoms with Crippen molar-refractivity contribution in [3.05, 3.63) is 35.6 Å². The molecule has 1 saturated heterocycles. The maximum Gasteiger partial charge on any atom is 0.123 e. The highest BCUT2D eigenvalue weighted by Gasteiger charge is 2.28. The molecule has 3 heteroatoms. The Hall–Kier alpha value is -0.930. The van der Waals surface area contributed by atoms with Crippen molar-refractivity contribution in [2.24, 2.45) is 5.92 Å². The summed E-state index contributed by atoms with van der Waals surface area (Å²) in [5.74, 6) is 0.434. The average Bonchev–Trinajstić information content (AvgIpc) is 2.30. The molecule has 2 nitrogen and oxygen atoms in total. The zero-order valence-electron chi connectivity index (χ0n) is 9.56. The summed E-state index contributed by atoms with van der Waals surface area (Å²) in [6.07, 6.45) is 1.04. The molecular formula is C13H18FNO. The van der Waals surface area contributed by atoms with Crippen LogP contribution in [0.25, 0.3) is 0 Å². The number of halogens is 1. The highest BCUT2D eigenvalue weighted by Crippen LogP contribution is 2.32. The van der Waals surface area contributed by atoms with Crippen LogP contribution in [0.2, 0.25) is 0 Å². The number of hydrogen-bond acceptors (Lipinski definition) is 2. The molecule has 0 bridgehead atoms. The first-order chi connectivity index (χ1) is 7.70. The minimum Gasteiger partial charge on any atom is -0.396 e. The average molecular weight is 223 g/mol. The number of likely N-dealkylation sites (tertiary alicyclic amines) is 1. The van der Waals surface area contributed by atoms with Gasteiger partial charge in [0, 0.05) is 19.1 Å². The van der Waals surface area contributed by atoms with E-state index in [4.69, 9.17) is 0 Å². The first-order valence-electron chi connectivity index (χ1n) is 5.75. The molecule has 0 amide bonds. The fourth-order valence-electron chi connectivity index (χ4n) is 2.55. The maximum absolute atomic E-state index is 12.8. The molecular weight excluding hydrogens is 205 g/mol. The van der Waals surface area contributed by atoms with Gasteiger partial charge in [-0.05, 0) is 43.6 Å². The van der Waals surface area contributed by atoms with Crippen molar-refractivity contribution in [2.45, 2.75) is 12.3 Å². The van der Waals surface area contributed by atoms with Crippen LogP contribution in [0.1, 0.15) is 17.9 Å². The van der Waals surface area contributed by atoms with Crippen molar-refractivity contribution in [3.63, 3.8) is 0 Å². The first kappa shape index (κ1) is 11.6. The molecule has 1 aliphatic heterocycles. The Bertz CT molecular complexity index is 338. The topological polar surface area (TPSA) is 23.5 Å². The number of hydrogen-bond donors (Lipinski definition) is 1. The van der Waals surface area contributed by atoms with Gasteiger partial charge in [-0.1, -0.05) is 12.1 Å². The third-order valence-corrected chi connectivity index (χ3v) is 3.47. The molecule has 2 rings (SSSR count). The second-order valence-electron chi connectivity index (χ2n) is 4.65. The van der Waals surface area contributed by atoms with E-state index >= 15 is 0 Å². The third kappa shape index (κ3) is 2.42. The number of aliphatic hydroxyl groups is 1. The van der Waals surface area contributed by atoms with E-state index < -0.39 is 0 Å². The Morgan fingerprint density at radius 1 is 1.38 bits per heavy atom. The summed E-state index contributed by atoms with van der Waals surface area (Å²) < 4.78 is 12.8. The van der Waals surface area contributed by atoms with E-state index in [1.54, 1.807) is 0 Å². The smallest absolute Gasteiger partial charge is 0.123 e. The van der Waals surface area contributed by atoms with Crippen LogP contribution in [0.3, 0.4) is 0 Å². The van der Waals surface area contributed by atoms with E-state index in [0.717, 1.165) is 25.1 Å². The van der Waals surface area contributed by atoms with Gasteiger partial charge >= 0.3 is 0 Å². The van der Waals surface area contributed by atoms with Crippen molar-refractivity contribution in [1.29, 1.82) is 0 Å². The lowest BCUT2D eigenvalue weighted by molar-refractivity contribution is 0.118. The molecule has 88 valence electrons. The molecule has 1 fully saturated rings. The fourth-order valence-corrected chi connectivity index (χ4v) is 2.55. The van der Waals surface area contributed by atoms with Crippen LogP contribution >= 0.6 is 0 Å². The van der Waals surface area contributed by atoms with Crippen molar-refractivity contribution in [1.82, 2.24) is 4.90 Å². The lowest BCUT2D eigenvalue weighted by atomic mass is 9.81. The highest BCUT2D eigenvalue weighted by atomic mass is 19.1. The van der Waals surface area contributed by atoms with Crippen LogP contribution in [0.5, 0.6) is 0 Å². The quantitative estimate of drug-likeness (QED) is 0.827. The molecule has 0 aromatic heterocycles. The Morgan fingerprint density at radius 3 is 2.69 bits per heavy atom. The fraction of sp³-hybridized carbons (Fsp3) is 0.538. The summed E-state index contributed by atoms with van der Waals surface area (Å²) in [7, 11) is 2.07. The SMILES string of the molecule is CN1CC[C@H](c2ccc(F)cc2)C(CO)C1. The van der Waals surface area contributed by atoms with Crippen LogP contribution in [-0.4, -0.2) is 36.8 Å². The highest BCUT2D eigenvalue weighted by molar-refractivity contribution is 5.22. The molecule has 1 heterocycles. The van der Waals surface area contributed by atoms with Gasteiger partial charge in [0.15, 0.2) is 0 Å². The minimum absolute atomic E-state index is 0.197. The van der Waals surface area contributed by atoms with Gasteiger partial charge in [0.2, 0.25) is 0 Å². The second kappa shape index (κ2) is 4.93. The Balaban J connectivity index is 2.15. The normalized spacial score (nSPS) is 26.9. The van der Waals surface area contributed by atoms with Crippen molar-refractivity contribution < 1.29 is 9.50 Å². The second-order valence-corrected chi connectivity index (χ2v) is 4.65. The predicted octanol–water partition coefficient (Wildman–Crippen LogP) is 1.85. The molecule has 1 aromatic carbocycles. The van der Waals surface area contributed by atoms with Gasteiger partial charge < -0.3 is 10.0 Å². The summed E-state index contributed by atoms with van der Waals surface area (Å²) in [6.45, 7) is 2.16. The molecule has 1 aromatic rings. The Labute approximate surface area is 95.7 Å². The third-order valence-electron chi connectivity index (χ3n) is 3.47. The van der Waals surface area contributed by atoms with E-state index in [0.29, 0.717) is 5.92 Å². The van der Waals surface area contributed by atoms with E-state index in [2.05, 4.69) is 11.9 Å². The van der Waals surface area contributed by atoms with Crippen molar-refractivity contribution in [2.75, 3.05) is 26.7 Å². The number of piperidine rings is 1. The molecule has 0 spiro atoms. The summed E-state index contributed by atoms with van der Waals surface area (Å²) >= 11 is 0. The maximum atomic E-state index is 12.8. The minimum atomic E-state index is -0.197. The number of benzene rings is 1. The molecule has 1 N–H and O–H groups in total. The molecule has 16 heavy (non-hydrogen) atoms. The molecule has 2 atom stereocenters. The molecule has 0 radical (unpaired) electrons. The van der Waals surface area contributed by atoms with Gasteiger partial charge in [-0.2, -0.15) is 0 Å². The van der Waals surface area contributed by atoms with Crippen LogP contribution in [-0.2, 0) is 0 Å². The largest absolute Gasteiger partial charge is 0.396 e. The van der Waals surface area contributed by atoms with Gasteiger partial charge in [-0.15, -0.1) is 0 Å². The zero-order valence-corrected chi connectivity index (χ0v) is 9.56. The van der Waals surface area contributed by atoms with E-state index in [1.165, 1.54) is 12.1 Å². The number of nitrogens with zero attached hydrogens (tertiary/aromatic N) is 1.